The number of rotatable bonds is 2. The summed E-state index contributed by atoms with van der Waals surface area (Å²) in [7, 11) is 0. The molecular weight excluding hydrogens is 319 g/mol. The van der Waals surface area contributed by atoms with Crippen molar-refractivity contribution in [1.82, 2.24) is 0 Å². The number of carbonyl (C=O) groups excluding carboxylic acids is 1. The Morgan fingerprint density at radius 2 is 2.38 bits per heavy atom. The molecule has 16 heavy (non-hydrogen) atoms. The lowest BCUT2D eigenvalue weighted by molar-refractivity contribution is -0.135. The molecule has 1 aromatic carbocycles. The summed E-state index contributed by atoms with van der Waals surface area (Å²) in [6, 6.07) is 3.18. The standard InChI is InChI=1S/C12H11IO3/c1-2-3-7-6-10(15)16-9-5-4-8(14)12(13)11(7)9/h2,4-5,7,14H,1,3,6H2. The Morgan fingerprint density at radius 1 is 1.62 bits per heavy atom. The highest BCUT2D eigenvalue weighted by Gasteiger charge is 2.29. The van der Waals surface area contributed by atoms with Crippen molar-refractivity contribution in [3.63, 3.8) is 0 Å². The maximum atomic E-state index is 11.4. The summed E-state index contributed by atoms with van der Waals surface area (Å²) in [5.41, 5.74) is 0.917. The van der Waals surface area contributed by atoms with Gasteiger partial charge in [-0.25, -0.2) is 0 Å². The van der Waals surface area contributed by atoms with Crippen LogP contribution in [-0.2, 0) is 4.79 Å². The lowest BCUT2D eigenvalue weighted by Gasteiger charge is -2.25. The lowest BCUT2D eigenvalue weighted by Crippen LogP contribution is -2.20. The van der Waals surface area contributed by atoms with Crippen LogP contribution in [0.25, 0.3) is 0 Å². The van der Waals surface area contributed by atoms with Crippen LogP contribution >= 0.6 is 22.6 Å². The maximum Gasteiger partial charge on any atom is 0.311 e. The van der Waals surface area contributed by atoms with Crippen LogP contribution < -0.4 is 4.74 Å². The molecule has 1 unspecified atom stereocenters. The third-order valence-electron chi connectivity index (χ3n) is 2.62. The van der Waals surface area contributed by atoms with Crippen LogP contribution in [0.2, 0.25) is 0 Å². The van der Waals surface area contributed by atoms with Gasteiger partial charge in [-0.15, -0.1) is 6.58 Å². The minimum atomic E-state index is -0.221. The largest absolute Gasteiger partial charge is 0.507 e. The SMILES string of the molecule is C=CCC1CC(=O)Oc2ccc(O)c(I)c21. The third-order valence-corrected chi connectivity index (χ3v) is 3.75. The molecule has 0 aliphatic carbocycles. The van der Waals surface area contributed by atoms with E-state index in [-0.39, 0.29) is 17.6 Å². The monoisotopic (exact) mass is 330 g/mol. The second kappa shape index (κ2) is 4.45. The molecule has 0 saturated heterocycles. The van der Waals surface area contributed by atoms with Gasteiger partial charge in [-0.3, -0.25) is 4.79 Å². The highest BCUT2D eigenvalue weighted by Crippen LogP contribution is 2.42. The topological polar surface area (TPSA) is 46.5 Å². The summed E-state index contributed by atoms with van der Waals surface area (Å²) in [6.07, 6.45) is 2.84. The van der Waals surface area contributed by atoms with Crippen molar-refractivity contribution < 1.29 is 14.6 Å². The summed E-state index contributed by atoms with van der Waals surface area (Å²) in [4.78, 5) is 11.4. The van der Waals surface area contributed by atoms with E-state index in [0.29, 0.717) is 18.6 Å². The number of carbonyl (C=O) groups is 1. The molecule has 84 valence electrons. The number of fused-ring (bicyclic) bond motifs is 1. The van der Waals surface area contributed by atoms with E-state index in [1.165, 1.54) is 0 Å². The van der Waals surface area contributed by atoms with Gasteiger partial charge in [-0.1, -0.05) is 6.08 Å². The molecule has 1 atom stereocenters. The Hall–Kier alpha value is -1.04. The van der Waals surface area contributed by atoms with Gasteiger partial charge >= 0.3 is 5.97 Å². The van der Waals surface area contributed by atoms with Crippen molar-refractivity contribution >= 4 is 28.6 Å². The van der Waals surface area contributed by atoms with Crippen LogP contribution in [-0.4, -0.2) is 11.1 Å². The molecule has 0 radical (unpaired) electrons. The molecule has 4 heteroatoms. The number of esters is 1. The van der Waals surface area contributed by atoms with Crippen molar-refractivity contribution in [2.45, 2.75) is 18.8 Å². The fourth-order valence-electron chi connectivity index (χ4n) is 1.90. The zero-order valence-corrected chi connectivity index (χ0v) is 10.7. The molecule has 1 N–H and O–H groups in total. The number of phenolic OH excluding ortho intramolecular Hbond substituents is 1. The van der Waals surface area contributed by atoms with E-state index < -0.39 is 0 Å². The number of aromatic hydroxyl groups is 1. The first-order valence-electron chi connectivity index (χ1n) is 4.96. The summed E-state index contributed by atoms with van der Waals surface area (Å²) in [5.74, 6) is 0.630. The van der Waals surface area contributed by atoms with Gasteiger partial charge in [0, 0.05) is 11.5 Å². The van der Waals surface area contributed by atoms with Gasteiger partial charge in [0.1, 0.15) is 11.5 Å². The first-order chi connectivity index (χ1) is 7.63. The van der Waals surface area contributed by atoms with E-state index in [2.05, 4.69) is 29.2 Å². The van der Waals surface area contributed by atoms with E-state index in [0.717, 1.165) is 9.13 Å². The van der Waals surface area contributed by atoms with Crippen molar-refractivity contribution in [1.29, 1.82) is 0 Å². The molecule has 0 saturated carbocycles. The quantitative estimate of drug-likeness (QED) is 0.392. The second-order valence-corrected chi connectivity index (χ2v) is 4.79. The maximum absolute atomic E-state index is 11.4. The number of hydrogen-bond donors (Lipinski definition) is 1. The molecule has 0 amide bonds. The fourth-order valence-corrected chi connectivity index (χ4v) is 2.79. The molecule has 1 aliphatic rings. The predicted octanol–water partition coefficient (Wildman–Crippen LogP) is 2.97. The summed E-state index contributed by atoms with van der Waals surface area (Å²) in [5, 5.41) is 9.65. The van der Waals surface area contributed by atoms with Crippen molar-refractivity contribution in [3.05, 3.63) is 33.9 Å². The predicted molar refractivity (Wildman–Crippen MR) is 68.6 cm³/mol. The molecule has 3 nitrogen and oxygen atoms in total. The first-order valence-corrected chi connectivity index (χ1v) is 6.04. The molecule has 2 rings (SSSR count). The van der Waals surface area contributed by atoms with Gasteiger partial charge in [0.25, 0.3) is 0 Å². The minimum Gasteiger partial charge on any atom is -0.507 e. The Labute approximate surface area is 107 Å². The van der Waals surface area contributed by atoms with E-state index in [1.807, 2.05) is 0 Å². The Bertz CT molecular complexity index is 454. The van der Waals surface area contributed by atoms with Crippen LogP contribution in [0.1, 0.15) is 24.3 Å². The van der Waals surface area contributed by atoms with Gasteiger partial charge < -0.3 is 9.84 Å². The number of ether oxygens (including phenoxy) is 1. The number of phenols is 1. The van der Waals surface area contributed by atoms with Crippen LogP contribution in [0.3, 0.4) is 0 Å². The third kappa shape index (κ3) is 1.93. The molecule has 0 fully saturated rings. The molecule has 1 aliphatic heterocycles. The van der Waals surface area contributed by atoms with Crippen LogP contribution in [0.5, 0.6) is 11.5 Å². The van der Waals surface area contributed by atoms with E-state index >= 15 is 0 Å². The van der Waals surface area contributed by atoms with Gasteiger partial charge in [-0.05, 0) is 41.1 Å². The lowest BCUT2D eigenvalue weighted by atomic mass is 9.90. The Morgan fingerprint density at radius 3 is 3.06 bits per heavy atom. The van der Waals surface area contributed by atoms with E-state index in [4.69, 9.17) is 4.74 Å². The highest BCUT2D eigenvalue weighted by molar-refractivity contribution is 14.1. The zero-order chi connectivity index (χ0) is 11.7. The summed E-state index contributed by atoms with van der Waals surface area (Å²) < 4.78 is 5.91. The fraction of sp³-hybridized carbons (Fsp3) is 0.250. The summed E-state index contributed by atoms with van der Waals surface area (Å²) in [6.45, 7) is 3.69. The van der Waals surface area contributed by atoms with E-state index in [1.54, 1.807) is 18.2 Å². The molecule has 0 bridgehead atoms. The van der Waals surface area contributed by atoms with Crippen molar-refractivity contribution in [3.8, 4) is 11.5 Å². The average molecular weight is 330 g/mol. The summed E-state index contributed by atoms with van der Waals surface area (Å²) >= 11 is 2.07. The molecular formula is C12H11IO3. The smallest absolute Gasteiger partial charge is 0.311 e. The Balaban J connectivity index is 2.53. The van der Waals surface area contributed by atoms with Gasteiger partial charge in [0.15, 0.2) is 0 Å². The molecule has 1 heterocycles. The van der Waals surface area contributed by atoms with Gasteiger partial charge in [-0.2, -0.15) is 0 Å². The number of benzene rings is 1. The number of hydrogen-bond acceptors (Lipinski definition) is 3. The first kappa shape index (κ1) is 11.4. The van der Waals surface area contributed by atoms with Crippen LogP contribution in [0.15, 0.2) is 24.8 Å². The molecule has 0 aromatic heterocycles. The second-order valence-electron chi connectivity index (χ2n) is 3.71. The number of allylic oxidation sites excluding steroid dienone is 1. The molecule has 0 spiro atoms. The van der Waals surface area contributed by atoms with Crippen molar-refractivity contribution in [2.24, 2.45) is 0 Å². The van der Waals surface area contributed by atoms with Gasteiger partial charge in [0.2, 0.25) is 0 Å². The zero-order valence-electron chi connectivity index (χ0n) is 8.57. The average Bonchev–Trinajstić information content (AvgIpc) is 2.23. The normalized spacial score (nSPS) is 18.8. The van der Waals surface area contributed by atoms with Crippen molar-refractivity contribution in [2.75, 3.05) is 0 Å². The number of halogens is 1. The van der Waals surface area contributed by atoms with E-state index in [9.17, 15) is 9.90 Å². The highest BCUT2D eigenvalue weighted by atomic mass is 127. The van der Waals surface area contributed by atoms with Crippen LogP contribution in [0.4, 0.5) is 0 Å². The molecule has 1 aromatic rings. The minimum absolute atomic E-state index is 0.0627. The van der Waals surface area contributed by atoms with Gasteiger partial charge in [0.05, 0.1) is 9.99 Å². The Kier molecular flexibility index (Phi) is 3.18. The van der Waals surface area contributed by atoms with Crippen LogP contribution in [0, 0.1) is 3.57 Å².